The molecular weight excluding hydrogens is 400 g/mol. The summed E-state index contributed by atoms with van der Waals surface area (Å²) < 4.78 is 1.04. The van der Waals surface area contributed by atoms with Gasteiger partial charge in [-0.2, -0.15) is 5.26 Å². The van der Waals surface area contributed by atoms with Crippen molar-refractivity contribution >= 4 is 26.8 Å². The van der Waals surface area contributed by atoms with Crippen molar-refractivity contribution in [3.05, 3.63) is 79.5 Å². The number of aromatic amines is 1. The second kappa shape index (κ2) is 6.65. The monoisotopic (exact) mass is 420 g/mol. The van der Waals surface area contributed by atoms with Crippen molar-refractivity contribution < 1.29 is 0 Å². The van der Waals surface area contributed by atoms with Gasteiger partial charge < -0.3 is 4.98 Å². The Kier molecular flexibility index (Phi) is 4.44. The Morgan fingerprint density at radius 2 is 2.07 bits per heavy atom. The van der Waals surface area contributed by atoms with Crippen LogP contribution in [-0.4, -0.2) is 4.98 Å². The lowest BCUT2D eigenvalue weighted by molar-refractivity contribution is 0.469. The molecule has 2 atom stereocenters. The predicted molar refractivity (Wildman–Crippen MR) is 112 cm³/mol. The SMILES string of the molecule is CCc1cc2ccc([C@@](C)(C#N)C3CCc4ccc(Br)cc43)cc2[nH]c1=O. The Morgan fingerprint density at radius 3 is 2.81 bits per heavy atom. The summed E-state index contributed by atoms with van der Waals surface area (Å²) in [6, 6.07) is 17.0. The van der Waals surface area contributed by atoms with Gasteiger partial charge in [-0.1, -0.05) is 41.1 Å². The first-order chi connectivity index (χ1) is 13.0. The van der Waals surface area contributed by atoms with E-state index < -0.39 is 5.41 Å². The van der Waals surface area contributed by atoms with Gasteiger partial charge in [-0.25, -0.2) is 0 Å². The van der Waals surface area contributed by atoms with Gasteiger partial charge in [-0.3, -0.25) is 4.79 Å². The molecule has 0 radical (unpaired) electrons. The number of hydrogen-bond donors (Lipinski definition) is 1. The van der Waals surface area contributed by atoms with Crippen LogP contribution in [-0.2, 0) is 18.3 Å². The van der Waals surface area contributed by atoms with Gasteiger partial charge in [-0.05, 0) is 72.5 Å². The van der Waals surface area contributed by atoms with Crippen LogP contribution in [0, 0.1) is 11.3 Å². The van der Waals surface area contributed by atoms with E-state index in [4.69, 9.17) is 0 Å². The summed E-state index contributed by atoms with van der Waals surface area (Å²) in [6.45, 7) is 4.00. The molecule has 0 spiro atoms. The van der Waals surface area contributed by atoms with Gasteiger partial charge in [0.15, 0.2) is 0 Å². The molecule has 1 aliphatic rings. The fourth-order valence-corrected chi connectivity index (χ4v) is 4.73. The molecule has 0 amide bonds. The maximum Gasteiger partial charge on any atom is 0.251 e. The summed E-state index contributed by atoms with van der Waals surface area (Å²) in [5, 5.41) is 11.2. The molecule has 4 rings (SSSR count). The highest BCUT2D eigenvalue weighted by Crippen LogP contribution is 2.47. The van der Waals surface area contributed by atoms with Crippen molar-refractivity contribution in [2.24, 2.45) is 0 Å². The van der Waals surface area contributed by atoms with Gasteiger partial charge in [0.25, 0.3) is 5.56 Å². The summed E-state index contributed by atoms with van der Waals surface area (Å²) in [4.78, 5) is 15.2. The molecule has 1 N–H and O–H groups in total. The third-order valence-corrected chi connectivity index (χ3v) is 6.51. The Balaban J connectivity index is 1.85. The van der Waals surface area contributed by atoms with Crippen molar-refractivity contribution in [1.82, 2.24) is 4.98 Å². The lowest BCUT2D eigenvalue weighted by Crippen LogP contribution is -2.27. The van der Waals surface area contributed by atoms with Crippen LogP contribution in [0.5, 0.6) is 0 Å². The number of nitrogens with one attached hydrogen (secondary N) is 1. The highest BCUT2D eigenvalue weighted by Gasteiger charge is 2.41. The van der Waals surface area contributed by atoms with E-state index in [1.54, 1.807) is 0 Å². The predicted octanol–water partition coefficient (Wildman–Crippen LogP) is 5.36. The number of aromatic nitrogens is 1. The smallest absolute Gasteiger partial charge is 0.251 e. The minimum absolute atomic E-state index is 0.0454. The van der Waals surface area contributed by atoms with Crippen LogP contribution in [0.15, 0.2) is 51.7 Å². The average molecular weight is 421 g/mol. The Labute approximate surface area is 167 Å². The first-order valence-electron chi connectivity index (χ1n) is 9.32. The van der Waals surface area contributed by atoms with Gasteiger partial charge in [0.05, 0.1) is 11.5 Å². The quantitative estimate of drug-likeness (QED) is 0.619. The third-order valence-electron chi connectivity index (χ3n) is 6.02. The molecule has 1 aliphatic carbocycles. The third kappa shape index (κ3) is 2.91. The lowest BCUT2D eigenvalue weighted by Gasteiger charge is -2.30. The molecule has 3 nitrogen and oxygen atoms in total. The number of nitrogens with zero attached hydrogens (tertiary/aromatic N) is 1. The fourth-order valence-electron chi connectivity index (χ4n) is 4.35. The van der Waals surface area contributed by atoms with Crippen LogP contribution in [0.1, 0.15) is 48.4 Å². The van der Waals surface area contributed by atoms with Gasteiger partial charge in [-0.15, -0.1) is 0 Å². The number of rotatable bonds is 3. The standard InChI is InChI=1S/C23H21BrN2O/c1-3-14-10-16-4-7-17(11-21(16)26-22(14)27)23(2,13-25)20-9-6-15-5-8-18(24)12-19(15)20/h4-5,7-8,10-12,20H,3,6,9H2,1-2H3,(H,26,27)/t20?,23-/m1/s1. The normalized spacial score (nSPS) is 18.1. The second-order valence-electron chi connectivity index (χ2n) is 7.53. The zero-order valence-corrected chi connectivity index (χ0v) is 17.1. The van der Waals surface area contributed by atoms with Crippen molar-refractivity contribution in [3.63, 3.8) is 0 Å². The molecule has 4 heteroatoms. The topological polar surface area (TPSA) is 56.6 Å². The number of fused-ring (bicyclic) bond motifs is 2. The van der Waals surface area contributed by atoms with Crippen LogP contribution in [0.3, 0.4) is 0 Å². The number of hydrogen-bond acceptors (Lipinski definition) is 2. The molecule has 1 aromatic heterocycles. The van der Waals surface area contributed by atoms with E-state index in [0.29, 0.717) is 6.42 Å². The molecule has 0 fully saturated rings. The Hall–Kier alpha value is -2.38. The summed E-state index contributed by atoms with van der Waals surface area (Å²) in [6.07, 6.45) is 2.66. The van der Waals surface area contributed by atoms with Gasteiger partial charge in [0.1, 0.15) is 0 Å². The zero-order chi connectivity index (χ0) is 19.2. The van der Waals surface area contributed by atoms with Crippen LogP contribution in [0.25, 0.3) is 10.9 Å². The van der Waals surface area contributed by atoms with E-state index >= 15 is 0 Å². The van der Waals surface area contributed by atoms with E-state index in [9.17, 15) is 10.1 Å². The summed E-state index contributed by atoms with van der Waals surface area (Å²) in [5.74, 6) is 0.133. The molecule has 2 aromatic carbocycles. The summed E-state index contributed by atoms with van der Waals surface area (Å²) in [7, 11) is 0. The van der Waals surface area contributed by atoms with E-state index in [0.717, 1.165) is 39.3 Å². The number of pyridine rings is 1. The Bertz CT molecular complexity index is 1140. The zero-order valence-electron chi connectivity index (χ0n) is 15.5. The van der Waals surface area contributed by atoms with Crippen LogP contribution >= 0.6 is 15.9 Å². The fraction of sp³-hybridized carbons (Fsp3) is 0.304. The molecule has 0 saturated carbocycles. The summed E-state index contributed by atoms with van der Waals surface area (Å²) >= 11 is 3.57. The minimum atomic E-state index is -0.652. The van der Waals surface area contributed by atoms with Crippen LogP contribution < -0.4 is 5.56 Å². The number of aryl methyl sites for hydroxylation is 2. The molecule has 0 bridgehead atoms. The van der Waals surface area contributed by atoms with Gasteiger partial charge in [0.2, 0.25) is 0 Å². The van der Waals surface area contributed by atoms with Crippen LogP contribution in [0.4, 0.5) is 0 Å². The highest BCUT2D eigenvalue weighted by molar-refractivity contribution is 9.10. The maximum atomic E-state index is 12.2. The van der Waals surface area contributed by atoms with Crippen molar-refractivity contribution in [2.75, 3.05) is 0 Å². The Morgan fingerprint density at radius 1 is 1.26 bits per heavy atom. The first kappa shape index (κ1) is 18.0. The van der Waals surface area contributed by atoms with Crippen LogP contribution in [0.2, 0.25) is 0 Å². The van der Waals surface area contributed by atoms with E-state index in [1.165, 1.54) is 11.1 Å². The van der Waals surface area contributed by atoms with Crippen molar-refractivity contribution in [2.45, 2.75) is 44.4 Å². The largest absolute Gasteiger partial charge is 0.322 e. The van der Waals surface area contributed by atoms with E-state index in [1.807, 2.05) is 38.1 Å². The first-order valence-corrected chi connectivity index (χ1v) is 10.1. The average Bonchev–Trinajstić information content (AvgIpc) is 3.09. The number of benzene rings is 2. The molecule has 136 valence electrons. The van der Waals surface area contributed by atoms with Crippen molar-refractivity contribution in [3.8, 4) is 6.07 Å². The highest BCUT2D eigenvalue weighted by atomic mass is 79.9. The molecule has 0 saturated heterocycles. The molecule has 3 aromatic rings. The van der Waals surface area contributed by atoms with Gasteiger partial charge >= 0.3 is 0 Å². The van der Waals surface area contributed by atoms with E-state index in [-0.39, 0.29) is 11.5 Å². The molecule has 0 aliphatic heterocycles. The van der Waals surface area contributed by atoms with Crippen molar-refractivity contribution in [1.29, 1.82) is 5.26 Å². The number of H-pyrrole nitrogens is 1. The molecule has 1 heterocycles. The number of nitriles is 1. The number of halogens is 1. The minimum Gasteiger partial charge on any atom is -0.322 e. The summed E-state index contributed by atoms with van der Waals surface area (Å²) in [5.41, 5.74) is 4.41. The lowest BCUT2D eigenvalue weighted by atomic mass is 9.70. The van der Waals surface area contributed by atoms with Gasteiger partial charge in [0, 0.05) is 21.5 Å². The van der Waals surface area contributed by atoms with E-state index in [2.05, 4.69) is 45.2 Å². The maximum absolute atomic E-state index is 12.2. The molecular formula is C23H21BrN2O. The molecule has 27 heavy (non-hydrogen) atoms. The second-order valence-corrected chi connectivity index (χ2v) is 8.44. The molecule has 1 unspecified atom stereocenters.